The van der Waals surface area contributed by atoms with Gasteiger partial charge in [0.15, 0.2) is 15.0 Å². The molecule has 2 aromatic carbocycles. The molecule has 2 heterocycles. The Morgan fingerprint density at radius 3 is 2.56 bits per heavy atom. The molecule has 7 nitrogen and oxygen atoms in total. The van der Waals surface area contributed by atoms with Crippen molar-refractivity contribution in [2.45, 2.75) is 25.6 Å². The van der Waals surface area contributed by atoms with E-state index in [0.717, 1.165) is 4.70 Å². The Morgan fingerprint density at radius 1 is 1.03 bits per heavy atom. The molecule has 4 rings (SSSR count). The molecule has 0 aliphatic rings. The van der Waals surface area contributed by atoms with Crippen molar-refractivity contribution in [3.63, 3.8) is 0 Å². The molecule has 1 amide bonds. The van der Waals surface area contributed by atoms with Crippen molar-refractivity contribution in [2.75, 3.05) is 17.3 Å². The summed E-state index contributed by atoms with van der Waals surface area (Å²) in [5, 5.41) is 0.485. The maximum Gasteiger partial charge on any atom is 0.230 e. The number of sulfone groups is 1. The molecule has 0 atom stereocenters. The number of hydrogen-bond donors (Lipinski definition) is 0. The van der Waals surface area contributed by atoms with Gasteiger partial charge in [0.25, 0.3) is 0 Å². The molecule has 0 unspecified atom stereocenters. The fraction of sp³-hybridized carbons (Fsp3) is 0.240. The number of thiazole rings is 1. The van der Waals surface area contributed by atoms with Gasteiger partial charge in [0.2, 0.25) is 5.91 Å². The lowest BCUT2D eigenvalue weighted by Crippen LogP contribution is -2.32. The van der Waals surface area contributed by atoms with Gasteiger partial charge in [-0.15, -0.1) is 0 Å². The van der Waals surface area contributed by atoms with Crippen LogP contribution in [0.25, 0.3) is 10.2 Å². The van der Waals surface area contributed by atoms with E-state index in [0.29, 0.717) is 34.3 Å². The monoisotopic (exact) mass is 495 g/mol. The number of amides is 1. The molecule has 0 aliphatic carbocycles. The lowest BCUT2D eigenvalue weighted by atomic mass is 10.2. The van der Waals surface area contributed by atoms with Crippen LogP contribution in [0.5, 0.6) is 5.75 Å². The molecule has 0 bridgehead atoms. The van der Waals surface area contributed by atoms with Crippen molar-refractivity contribution in [3.05, 3.63) is 84.2 Å². The molecular formula is C25H25N3O4S2. The third kappa shape index (κ3) is 5.98. The Morgan fingerprint density at radius 2 is 1.82 bits per heavy atom. The summed E-state index contributed by atoms with van der Waals surface area (Å²) in [7, 11) is -3.46. The Balaban J connectivity index is 1.58. The third-order valence-corrected chi connectivity index (χ3v) is 7.75. The van der Waals surface area contributed by atoms with Gasteiger partial charge in [-0.2, -0.15) is 0 Å². The quantitative estimate of drug-likeness (QED) is 0.319. The van der Waals surface area contributed by atoms with E-state index in [1.807, 2.05) is 43.3 Å². The number of nitrogens with zero attached hydrogens (tertiary/aromatic N) is 3. The highest BCUT2D eigenvalue weighted by atomic mass is 32.2. The maximum atomic E-state index is 13.3. The molecule has 0 saturated carbocycles. The first kappa shape index (κ1) is 23.8. The molecule has 9 heteroatoms. The predicted molar refractivity (Wildman–Crippen MR) is 135 cm³/mol. The van der Waals surface area contributed by atoms with Gasteiger partial charge < -0.3 is 4.74 Å². The Bertz CT molecular complexity index is 1360. The van der Waals surface area contributed by atoms with E-state index in [2.05, 4.69) is 9.97 Å². The number of carbonyl (C=O) groups excluding carboxylic acids is 1. The molecule has 0 N–H and O–H groups in total. The first-order valence-corrected chi connectivity index (χ1v) is 13.6. The SMILES string of the molecule is CCOc1cccc2sc(N(Cc3ccccn3)C(=O)CCS(=O)(=O)Cc3ccccc3)nc12. The van der Waals surface area contributed by atoms with Gasteiger partial charge in [0.05, 0.1) is 35.1 Å². The minimum Gasteiger partial charge on any atom is -0.492 e. The molecule has 0 aliphatic heterocycles. The van der Waals surface area contributed by atoms with E-state index < -0.39 is 9.84 Å². The molecule has 176 valence electrons. The van der Waals surface area contributed by atoms with Crippen molar-refractivity contribution in [3.8, 4) is 5.75 Å². The second kappa shape index (κ2) is 10.8. The number of pyridine rings is 1. The van der Waals surface area contributed by atoms with E-state index in [-0.39, 0.29) is 30.4 Å². The maximum absolute atomic E-state index is 13.3. The normalized spacial score (nSPS) is 11.4. The van der Waals surface area contributed by atoms with E-state index in [4.69, 9.17) is 4.74 Å². The van der Waals surface area contributed by atoms with Gasteiger partial charge >= 0.3 is 0 Å². The summed E-state index contributed by atoms with van der Waals surface area (Å²) in [5.74, 6) is -0.00754. The van der Waals surface area contributed by atoms with Crippen LogP contribution >= 0.6 is 11.3 Å². The van der Waals surface area contributed by atoms with Crippen molar-refractivity contribution in [2.24, 2.45) is 0 Å². The minimum absolute atomic E-state index is 0.0970. The number of hydrogen-bond acceptors (Lipinski definition) is 7. The van der Waals surface area contributed by atoms with Crippen molar-refractivity contribution in [1.82, 2.24) is 9.97 Å². The summed E-state index contributed by atoms with van der Waals surface area (Å²) in [6.07, 6.45) is 1.52. The first-order chi connectivity index (χ1) is 16.4. The van der Waals surface area contributed by atoms with Gasteiger partial charge in [-0.1, -0.05) is 53.8 Å². The smallest absolute Gasteiger partial charge is 0.230 e. The molecule has 0 spiro atoms. The Kier molecular flexibility index (Phi) is 7.54. The van der Waals surface area contributed by atoms with E-state index in [9.17, 15) is 13.2 Å². The molecule has 4 aromatic rings. The highest BCUT2D eigenvalue weighted by Crippen LogP contribution is 2.35. The first-order valence-electron chi connectivity index (χ1n) is 10.9. The highest BCUT2D eigenvalue weighted by molar-refractivity contribution is 7.90. The van der Waals surface area contributed by atoms with Crippen LogP contribution in [-0.2, 0) is 26.9 Å². The highest BCUT2D eigenvalue weighted by Gasteiger charge is 2.24. The minimum atomic E-state index is -3.46. The van der Waals surface area contributed by atoms with Crippen LogP contribution in [0.2, 0.25) is 0 Å². The van der Waals surface area contributed by atoms with Gasteiger partial charge in [-0.05, 0) is 36.8 Å². The van der Waals surface area contributed by atoms with Crippen molar-refractivity contribution >= 4 is 42.4 Å². The zero-order valence-electron chi connectivity index (χ0n) is 18.8. The predicted octanol–water partition coefficient (Wildman–Crippen LogP) is 4.63. The number of carbonyl (C=O) groups is 1. The summed E-state index contributed by atoms with van der Waals surface area (Å²) in [6, 6.07) is 20.1. The molecule has 34 heavy (non-hydrogen) atoms. The topological polar surface area (TPSA) is 89.5 Å². The molecule has 0 saturated heterocycles. The van der Waals surface area contributed by atoms with E-state index in [1.54, 1.807) is 36.5 Å². The standard InChI is InChI=1S/C25H25N3O4S2/c1-2-32-21-12-8-13-22-24(21)27-25(33-22)28(17-20-11-6-7-15-26-20)23(29)14-16-34(30,31)18-19-9-4-3-5-10-19/h3-13,15H,2,14,16-18H2,1H3. The number of aromatic nitrogens is 2. The van der Waals surface area contributed by atoms with Crippen molar-refractivity contribution < 1.29 is 17.9 Å². The molecule has 0 radical (unpaired) electrons. The summed E-state index contributed by atoms with van der Waals surface area (Å²) >= 11 is 1.37. The van der Waals surface area contributed by atoms with Crippen molar-refractivity contribution in [1.29, 1.82) is 0 Å². The lowest BCUT2D eigenvalue weighted by molar-refractivity contribution is -0.118. The van der Waals surface area contributed by atoms with Gasteiger partial charge in [-0.3, -0.25) is 14.7 Å². The number of anilines is 1. The van der Waals surface area contributed by atoms with Gasteiger partial charge in [0.1, 0.15) is 11.3 Å². The average Bonchev–Trinajstić information content (AvgIpc) is 3.27. The summed E-state index contributed by atoms with van der Waals surface area (Å²) < 4.78 is 31.9. The largest absolute Gasteiger partial charge is 0.492 e. The van der Waals surface area contributed by atoms with Gasteiger partial charge in [-0.25, -0.2) is 13.4 Å². The molecule has 2 aromatic heterocycles. The zero-order chi connectivity index (χ0) is 24.0. The van der Waals surface area contributed by atoms with Crippen LogP contribution in [0.15, 0.2) is 72.9 Å². The second-order valence-electron chi connectivity index (χ2n) is 7.66. The third-order valence-electron chi connectivity index (χ3n) is 5.11. The molecule has 0 fully saturated rings. The fourth-order valence-corrected chi connectivity index (χ4v) is 5.82. The van der Waals surface area contributed by atoms with Crippen LogP contribution in [0.4, 0.5) is 5.13 Å². The van der Waals surface area contributed by atoms with Gasteiger partial charge in [0, 0.05) is 12.6 Å². The van der Waals surface area contributed by atoms with E-state index in [1.165, 1.54) is 16.2 Å². The Hall–Kier alpha value is -3.30. The van der Waals surface area contributed by atoms with Crippen LogP contribution in [-0.4, -0.2) is 36.7 Å². The second-order valence-corrected chi connectivity index (χ2v) is 10.9. The number of ether oxygens (including phenoxy) is 1. The van der Waals surface area contributed by atoms with E-state index >= 15 is 0 Å². The fourth-order valence-electron chi connectivity index (χ4n) is 3.49. The number of rotatable bonds is 10. The number of fused-ring (bicyclic) bond motifs is 1. The summed E-state index contributed by atoms with van der Waals surface area (Å²) in [5.41, 5.74) is 2.07. The number of para-hydroxylation sites is 1. The molecular weight excluding hydrogens is 470 g/mol. The number of benzene rings is 2. The summed E-state index contributed by atoms with van der Waals surface area (Å²) in [6.45, 7) is 2.60. The van der Waals surface area contributed by atoms with Crippen LogP contribution in [0, 0.1) is 0 Å². The van der Waals surface area contributed by atoms with Crippen LogP contribution < -0.4 is 9.64 Å². The summed E-state index contributed by atoms with van der Waals surface area (Å²) in [4.78, 5) is 23.8. The lowest BCUT2D eigenvalue weighted by Gasteiger charge is -2.19. The van der Waals surface area contributed by atoms with Crippen LogP contribution in [0.3, 0.4) is 0 Å². The van der Waals surface area contributed by atoms with Crippen LogP contribution in [0.1, 0.15) is 24.6 Å². The zero-order valence-corrected chi connectivity index (χ0v) is 20.4. The Labute approximate surface area is 203 Å². The average molecular weight is 496 g/mol.